The van der Waals surface area contributed by atoms with Crippen LogP contribution in [0.5, 0.6) is 5.88 Å². The van der Waals surface area contributed by atoms with E-state index in [1.807, 2.05) is 22.9 Å². The van der Waals surface area contributed by atoms with Crippen molar-refractivity contribution in [2.24, 2.45) is 0 Å². The van der Waals surface area contributed by atoms with Crippen molar-refractivity contribution >= 4 is 5.65 Å². The summed E-state index contributed by atoms with van der Waals surface area (Å²) in [5.74, 6) is 0.537. The zero-order valence-corrected chi connectivity index (χ0v) is 12.2. The molecule has 0 saturated heterocycles. The van der Waals surface area contributed by atoms with E-state index in [0.29, 0.717) is 5.88 Å². The van der Waals surface area contributed by atoms with Gasteiger partial charge >= 0.3 is 0 Å². The Balaban J connectivity index is 2.03. The van der Waals surface area contributed by atoms with Crippen LogP contribution in [0.25, 0.3) is 16.9 Å². The van der Waals surface area contributed by atoms with Crippen LogP contribution < -0.4 is 10.1 Å². The summed E-state index contributed by atoms with van der Waals surface area (Å²) in [5, 5.41) is 3.33. The molecule has 0 amide bonds. The fraction of sp³-hybridized carbons (Fsp3) is 0.250. The monoisotopic (exact) mass is 282 g/mol. The van der Waals surface area contributed by atoms with Crippen molar-refractivity contribution in [2.75, 3.05) is 13.7 Å². The number of ether oxygens (including phenoxy) is 1. The van der Waals surface area contributed by atoms with E-state index in [-0.39, 0.29) is 0 Å². The lowest BCUT2D eigenvalue weighted by atomic mass is 10.1. The van der Waals surface area contributed by atoms with E-state index in [4.69, 9.17) is 4.74 Å². The Morgan fingerprint density at radius 2 is 2.24 bits per heavy atom. The molecule has 0 radical (unpaired) electrons. The van der Waals surface area contributed by atoms with Crippen LogP contribution in [0.1, 0.15) is 12.5 Å². The molecule has 5 heteroatoms. The minimum absolute atomic E-state index is 0.537. The number of hydrogen-bond donors (Lipinski definition) is 1. The Morgan fingerprint density at radius 1 is 1.33 bits per heavy atom. The van der Waals surface area contributed by atoms with Crippen molar-refractivity contribution < 1.29 is 4.74 Å². The maximum atomic E-state index is 5.34. The van der Waals surface area contributed by atoms with E-state index in [1.165, 1.54) is 5.56 Å². The van der Waals surface area contributed by atoms with Crippen molar-refractivity contribution in [2.45, 2.75) is 13.5 Å². The largest absolute Gasteiger partial charge is 0.478 e. The van der Waals surface area contributed by atoms with Crippen LogP contribution >= 0.6 is 0 Å². The summed E-state index contributed by atoms with van der Waals surface area (Å²) in [6, 6.07) is 8.36. The molecule has 2 aromatic heterocycles. The lowest BCUT2D eigenvalue weighted by Crippen LogP contribution is -2.11. The Hall–Kier alpha value is -2.40. The number of methoxy groups -OCH3 is 1. The van der Waals surface area contributed by atoms with Crippen LogP contribution in [0, 0.1) is 0 Å². The molecule has 0 bridgehead atoms. The number of nitrogens with one attached hydrogen (secondary N) is 1. The normalized spacial score (nSPS) is 11.0. The minimum Gasteiger partial charge on any atom is -0.478 e. The molecule has 21 heavy (non-hydrogen) atoms. The highest BCUT2D eigenvalue weighted by atomic mass is 16.5. The van der Waals surface area contributed by atoms with Crippen LogP contribution in [0.2, 0.25) is 0 Å². The zero-order valence-electron chi connectivity index (χ0n) is 12.2. The fourth-order valence-corrected chi connectivity index (χ4v) is 2.29. The van der Waals surface area contributed by atoms with Gasteiger partial charge in [-0.1, -0.05) is 25.1 Å². The van der Waals surface area contributed by atoms with E-state index in [1.54, 1.807) is 13.3 Å². The first-order valence-electron chi connectivity index (χ1n) is 6.99. The second-order valence-corrected chi connectivity index (χ2v) is 4.77. The van der Waals surface area contributed by atoms with Crippen LogP contribution in [0.4, 0.5) is 0 Å². The van der Waals surface area contributed by atoms with Crippen LogP contribution in [-0.2, 0) is 6.54 Å². The van der Waals surface area contributed by atoms with E-state index < -0.39 is 0 Å². The van der Waals surface area contributed by atoms with E-state index in [2.05, 4.69) is 40.4 Å². The second kappa shape index (κ2) is 5.93. The molecule has 0 saturated carbocycles. The molecule has 0 aliphatic rings. The van der Waals surface area contributed by atoms with Gasteiger partial charge in [-0.05, 0) is 18.2 Å². The molecule has 0 fully saturated rings. The van der Waals surface area contributed by atoms with Gasteiger partial charge in [-0.3, -0.25) is 0 Å². The fourth-order valence-electron chi connectivity index (χ4n) is 2.29. The maximum Gasteiger partial charge on any atom is 0.258 e. The first-order chi connectivity index (χ1) is 10.3. The molecular weight excluding hydrogens is 264 g/mol. The number of rotatable bonds is 5. The molecule has 0 aliphatic heterocycles. The Morgan fingerprint density at radius 3 is 3.05 bits per heavy atom. The number of aromatic nitrogens is 3. The number of benzene rings is 1. The van der Waals surface area contributed by atoms with Crippen LogP contribution in [-0.4, -0.2) is 28.0 Å². The summed E-state index contributed by atoms with van der Waals surface area (Å²) in [6.07, 6.45) is 5.60. The highest BCUT2D eigenvalue weighted by molar-refractivity contribution is 5.63. The van der Waals surface area contributed by atoms with E-state index in [9.17, 15) is 0 Å². The van der Waals surface area contributed by atoms with Gasteiger partial charge in [0.1, 0.15) is 0 Å². The third-order valence-electron chi connectivity index (χ3n) is 3.34. The first-order valence-corrected chi connectivity index (χ1v) is 6.99. The summed E-state index contributed by atoms with van der Waals surface area (Å²) in [4.78, 5) is 8.81. The minimum atomic E-state index is 0.537. The third kappa shape index (κ3) is 2.73. The number of fused-ring (bicyclic) bond motifs is 1. The van der Waals surface area contributed by atoms with Crippen molar-refractivity contribution in [1.29, 1.82) is 0 Å². The molecule has 0 unspecified atom stereocenters. The lowest BCUT2D eigenvalue weighted by molar-refractivity contribution is 0.400. The summed E-state index contributed by atoms with van der Waals surface area (Å²) >= 11 is 0. The van der Waals surface area contributed by atoms with Crippen molar-refractivity contribution in [3.8, 4) is 17.1 Å². The van der Waals surface area contributed by atoms with Gasteiger partial charge in [0, 0.05) is 30.7 Å². The molecule has 0 spiro atoms. The molecule has 1 N–H and O–H groups in total. The second-order valence-electron chi connectivity index (χ2n) is 4.77. The average molecular weight is 282 g/mol. The van der Waals surface area contributed by atoms with Crippen molar-refractivity contribution in [1.82, 2.24) is 19.7 Å². The van der Waals surface area contributed by atoms with Gasteiger partial charge < -0.3 is 14.5 Å². The van der Waals surface area contributed by atoms with Gasteiger partial charge in [-0.2, -0.15) is 0 Å². The molecule has 3 rings (SSSR count). The Kier molecular flexibility index (Phi) is 3.83. The van der Waals surface area contributed by atoms with E-state index in [0.717, 1.165) is 30.0 Å². The van der Waals surface area contributed by atoms with Crippen molar-refractivity contribution in [3.05, 3.63) is 48.4 Å². The third-order valence-corrected chi connectivity index (χ3v) is 3.34. The highest BCUT2D eigenvalue weighted by Gasteiger charge is 2.09. The molecule has 5 nitrogen and oxygen atoms in total. The predicted molar refractivity (Wildman–Crippen MR) is 82.4 cm³/mol. The number of nitrogens with zero attached hydrogens (tertiary/aromatic N) is 3. The molecule has 0 atom stereocenters. The summed E-state index contributed by atoms with van der Waals surface area (Å²) in [5.41, 5.74) is 3.90. The standard InChI is InChI=1S/C16H18N4O/c1-3-17-10-12-5-4-6-13(9-12)14-11-20-8-7-18-15(20)16(19-14)21-2/h4-9,11,17H,3,10H2,1-2H3. The quantitative estimate of drug-likeness (QED) is 0.781. The number of hydrogen-bond acceptors (Lipinski definition) is 4. The highest BCUT2D eigenvalue weighted by Crippen LogP contribution is 2.23. The molecule has 108 valence electrons. The molecule has 3 aromatic rings. The van der Waals surface area contributed by atoms with Gasteiger partial charge in [-0.15, -0.1) is 0 Å². The van der Waals surface area contributed by atoms with Gasteiger partial charge in [0.15, 0.2) is 5.65 Å². The lowest BCUT2D eigenvalue weighted by Gasteiger charge is -2.08. The van der Waals surface area contributed by atoms with Crippen molar-refractivity contribution in [3.63, 3.8) is 0 Å². The Labute approximate surface area is 123 Å². The number of imidazole rings is 1. The predicted octanol–water partition coefficient (Wildman–Crippen LogP) is 2.51. The first kappa shape index (κ1) is 13.6. The summed E-state index contributed by atoms with van der Waals surface area (Å²) < 4.78 is 7.27. The topological polar surface area (TPSA) is 51.5 Å². The molecule has 1 aromatic carbocycles. The van der Waals surface area contributed by atoms with Gasteiger partial charge in [-0.25, -0.2) is 9.97 Å². The molecule has 0 aliphatic carbocycles. The molecular formula is C16H18N4O. The summed E-state index contributed by atoms with van der Waals surface area (Å²) in [7, 11) is 1.61. The van der Waals surface area contributed by atoms with Crippen LogP contribution in [0.15, 0.2) is 42.9 Å². The smallest absolute Gasteiger partial charge is 0.258 e. The Bertz CT molecular complexity index is 751. The average Bonchev–Trinajstić information content (AvgIpc) is 3.00. The van der Waals surface area contributed by atoms with Gasteiger partial charge in [0.25, 0.3) is 5.88 Å². The zero-order chi connectivity index (χ0) is 14.7. The van der Waals surface area contributed by atoms with E-state index >= 15 is 0 Å². The maximum absolute atomic E-state index is 5.34. The summed E-state index contributed by atoms with van der Waals surface area (Å²) in [6.45, 7) is 3.91. The molecule has 2 heterocycles. The SMILES string of the molecule is CCNCc1cccc(-c2cn3ccnc3c(OC)n2)c1. The van der Waals surface area contributed by atoms with Gasteiger partial charge in [0.2, 0.25) is 0 Å². The van der Waals surface area contributed by atoms with Gasteiger partial charge in [0.05, 0.1) is 12.8 Å². The van der Waals surface area contributed by atoms with Crippen LogP contribution in [0.3, 0.4) is 0 Å².